The van der Waals surface area contributed by atoms with Crippen LogP contribution in [0, 0.1) is 20.8 Å². The Morgan fingerprint density at radius 2 is 1.74 bits per heavy atom. The second-order valence-corrected chi connectivity index (χ2v) is 5.74. The number of nitrogens with zero attached hydrogens (tertiary/aromatic N) is 2. The maximum Gasteiger partial charge on any atom is 0.323 e. The van der Waals surface area contributed by atoms with Gasteiger partial charge in [-0.3, -0.25) is 9.88 Å². The normalized spacial score (nSPS) is 10.7. The van der Waals surface area contributed by atoms with Gasteiger partial charge in [0.05, 0.1) is 16.9 Å². The number of aryl methyl sites for hydroxylation is 3. The summed E-state index contributed by atoms with van der Waals surface area (Å²) < 4.78 is 0. The number of fused-ring (bicyclic) bond motifs is 1. The number of primary amides is 1. The minimum absolute atomic E-state index is 0.510. The summed E-state index contributed by atoms with van der Waals surface area (Å²) >= 11 is 0. The van der Waals surface area contributed by atoms with Crippen LogP contribution >= 0.6 is 0 Å². The van der Waals surface area contributed by atoms with E-state index in [-0.39, 0.29) is 0 Å². The zero-order valence-electron chi connectivity index (χ0n) is 13.5. The third kappa shape index (κ3) is 2.75. The Hall–Kier alpha value is -2.88. The van der Waals surface area contributed by atoms with Crippen LogP contribution in [0.5, 0.6) is 0 Å². The first-order valence-corrected chi connectivity index (χ1v) is 7.50. The molecule has 3 aromatic rings. The fourth-order valence-corrected chi connectivity index (χ4v) is 2.72. The van der Waals surface area contributed by atoms with Gasteiger partial charge in [0.25, 0.3) is 0 Å². The van der Waals surface area contributed by atoms with Gasteiger partial charge >= 0.3 is 6.03 Å². The van der Waals surface area contributed by atoms with Crippen molar-refractivity contribution >= 4 is 28.3 Å². The fraction of sp³-hybridized carbons (Fsp3) is 0.158. The van der Waals surface area contributed by atoms with Gasteiger partial charge in [-0.15, -0.1) is 0 Å². The van der Waals surface area contributed by atoms with Crippen LogP contribution in [0.15, 0.2) is 48.5 Å². The first-order chi connectivity index (χ1) is 11.0. The molecule has 4 nitrogen and oxygen atoms in total. The Morgan fingerprint density at radius 3 is 2.43 bits per heavy atom. The van der Waals surface area contributed by atoms with Crippen LogP contribution in [-0.2, 0) is 0 Å². The van der Waals surface area contributed by atoms with Crippen molar-refractivity contribution in [3.05, 3.63) is 65.4 Å². The molecule has 0 saturated heterocycles. The number of aromatic nitrogens is 1. The van der Waals surface area contributed by atoms with Gasteiger partial charge in [-0.25, -0.2) is 4.79 Å². The SMILES string of the molecule is Cc1cc(N(C(N)=O)c2ccc(C)c(C)c2)c2ccccc2n1. The molecule has 2 N–H and O–H groups in total. The number of hydrogen-bond donors (Lipinski definition) is 1. The summed E-state index contributed by atoms with van der Waals surface area (Å²) in [5, 5.41) is 0.898. The lowest BCUT2D eigenvalue weighted by Gasteiger charge is -2.23. The van der Waals surface area contributed by atoms with Crippen molar-refractivity contribution < 1.29 is 4.79 Å². The van der Waals surface area contributed by atoms with Crippen molar-refractivity contribution in [2.24, 2.45) is 5.73 Å². The molecule has 116 valence electrons. The first kappa shape index (κ1) is 15.0. The van der Waals surface area contributed by atoms with Crippen LogP contribution in [0.3, 0.4) is 0 Å². The smallest absolute Gasteiger partial charge is 0.323 e. The van der Waals surface area contributed by atoms with Gasteiger partial charge in [0, 0.05) is 11.1 Å². The van der Waals surface area contributed by atoms with Crippen molar-refractivity contribution in [1.82, 2.24) is 4.98 Å². The average Bonchev–Trinajstić information content (AvgIpc) is 2.50. The van der Waals surface area contributed by atoms with Gasteiger partial charge in [0.15, 0.2) is 0 Å². The minimum Gasteiger partial charge on any atom is -0.351 e. The molecule has 0 radical (unpaired) electrons. The number of nitrogens with two attached hydrogens (primary N) is 1. The predicted molar refractivity (Wildman–Crippen MR) is 94.1 cm³/mol. The second kappa shape index (κ2) is 5.72. The second-order valence-electron chi connectivity index (χ2n) is 5.74. The van der Waals surface area contributed by atoms with E-state index in [0.717, 1.165) is 33.5 Å². The van der Waals surface area contributed by atoms with Gasteiger partial charge in [0.1, 0.15) is 0 Å². The highest BCUT2D eigenvalue weighted by molar-refractivity contribution is 6.06. The number of rotatable bonds is 2. The number of urea groups is 1. The zero-order chi connectivity index (χ0) is 16.6. The Balaban J connectivity index is 2.27. The summed E-state index contributed by atoms with van der Waals surface area (Å²) in [7, 11) is 0. The van der Waals surface area contributed by atoms with Gasteiger partial charge in [-0.2, -0.15) is 0 Å². The molecular weight excluding hydrogens is 286 g/mol. The van der Waals surface area contributed by atoms with Crippen LogP contribution in [-0.4, -0.2) is 11.0 Å². The molecule has 2 aromatic carbocycles. The Morgan fingerprint density at radius 1 is 1.00 bits per heavy atom. The lowest BCUT2D eigenvalue weighted by atomic mass is 10.1. The molecule has 1 aromatic heterocycles. The van der Waals surface area contributed by atoms with E-state index in [1.54, 1.807) is 4.90 Å². The third-order valence-electron chi connectivity index (χ3n) is 4.03. The maximum absolute atomic E-state index is 12.2. The number of carbonyl (C=O) groups excluding carboxylic acids is 1. The van der Waals surface area contributed by atoms with Gasteiger partial charge in [0.2, 0.25) is 0 Å². The molecule has 0 saturated carbocycles. The lowest BCUT2D eigenvalue weighted by Crippen LogP contribution is -2.31. The number of benzene rings is 2. The largest absolute Gasteiger partial charge is 0.351 e. The van der Waals surface area contributed by atoms with Crippen LogP contribution in [0.2, 0.25) is 0 Å². The molecule has 0 spiro atoms. The molecule has 0 aliphatic carbocycles. The molecule has 4 heteroatoms. The maximum atomic E-state index is 12.2. The number of amides is 2. The summed E-state index contributed by atoms with van der Waals surface area (Å²) in [6.45, 7) is 5.98. The quantitative estimate of drug-likeness (QED) is 0.764. The van der Waals surface area contributed by atoms with E-state index in [1.165, 1.54) is 5.56 Å². The molecule has 1 heterocycles. The number of pyridine rings is 1. The standard InChI is InChI=1S/C19H19N3O/c1-12-8-9-15(10-13(12)2)22(19(20)23)18-11-14(3)21-17-7-5-4-6-16(17)18/h4-11H,1-3H3,(H2,20,23). The number of hydrogen-bond acceptors (Lipinski definition) is 2. The molecule has 0 aliphatic rings. The summed E-state index contributed by atoms with van der Waals surface area (Å²) in [5.74, 6) is 0. The number of para-hydroxylation sites is 1. The van der Waals surface area contributed by atoms with Crippen molar-refractivity contribution in [2.75, 3.05) is 4.90 Å². The van der Waals surface area contributed by atoms with E-state index in [1.807, 2.05) is 69.3 Å². The zero-order valence-corrected chi connectivity index (χ0v) is 13.5. The topological polar surface area (TPSA) is 59.2 Å². The summed E-state index contributed by atoms with van der Waals surface area (Å²) in [6.07, 6.45) is 0. The predicted octanol–water partition coefficient (Wildman–Crippen LogP) is 4.38. The van der Waals surface area contributed by atoms with E-state index < -0.39 is 6.03 Å². The summed E-state index contributed by atoms with van der Waals surface area (Å²) in [6, 6.07) is 15.0. The fourth-order valence-electron chi connectivity index (χ4n) is 2.72. The van der Waals surface area contributed by atoms with Crippen LogP contribution in [0.1, 0.15) is 16.8 Å². The Labute approximate surface area is 135 Å². The van der Waals surface area contributed by atoms with E-state index in [4.69, 9.17) is 5.73 Å². The van der Waals surface area contributed by atoms with E-state index in [9.17, 15) is 4.79 Å². The number of carbonyl (C=O) groups is 1. The highest BCUT2D eigenvalue weighted by Gasteiger charge is 2.19. The molecule has 3 rings (SSSR count). The Bertz CT molecular complexity index is 902. The highest BCUT2D eigenvalue weighted by atomic mass is 16.2. The van der Waals surface area contributed by atoms with Crippen LogP contribution in [0.25, 0.3) is 10.9 Å². The lowest BCUT2D eigenvalue weighted by molar-refractivity contribution is 0.256. The molecule has 0 aliphatic heterocycles. The van der Waals surface area contributed by atoms with Crippen molar-refractivity contribution in [3.63, 3.8) is 0 Å². The highest BCUT2D eigenvalue weighted by Crippen LogP contribution is 2.33. The molecule has 0 bridgehead atoms. The van der Waals surface area contributed by atoms with Gasteiger partial charge in [-0.1, -0.05) is 24.3 Å². The van der Waals surface area contributed by atoms with E-state index in [0.29, 0.717) is 0 Å². The molecule has 23 heavy (non-hydrogen) atoms. The van der Waals surface area contributed by atoms with Crippen LogP contribution in [0.4, 0.5) is 16.2 Å². The molecule has 0 unspecified atom stereocenters. The third-order valence-corrected chi connectivity index (χ3v) is 4.03. The van der Waals surface area contributed by atoms with Gasteiger partial charge < -0.3 is 5.73 Å². The molecular formula is C19H19N3O. The van der Waals surface area contributed by atoms with Crippen molar-refractivity contribution in [1.29, 1.82) is 0 Å². The molecule has 2 amide bonds. The first-order valence-electron chi connectivity index (χ1n) is 7.50. The Kier molecular flexibility index (Phi) is 3.74. The van der Waals surface area contributed by atoms with Crippen molar-refractivity contribution in [3.8, 4) is 0 Å². The molecule has 0 fully saturated rings. The molecule has 0 atom stereocenters. The number of anilines is 2. The van der Waals surface area contributed by atoms with Crippen molar-refractivity contribution in [2.45, 2.75) is 20.8 Å². The summed E-state index contributed by atoms with van der Waals surface area (Å²) in [5.41, 5.74) is 11.2. The van der Waals surface area contributed by atoms with E-state index in [2.05, 4.69) is 4.98 Å². The summed E-state index contributed by atoms with van der Waals surface area (Å²) in [4.78, 5) is 18.2. The average molecular weight is 305 g/mol. The minimum atomic E-state index is -0.510. The van der Waals surface area contributed by atoms with Gasteiger partial charge in [-0.05, 0) is 56.2 Å². The van der Waals surface area contributed by atoms with E-state index >= 15 is 0 Å². The van der Waals surface area contributed by atoms with Crippen LogP contribution < -0.4 is 10.6 Å². The monoisotopic (exact) mass is 305 g/mol.